The third kappa shape index (κ3) is 4.58. The highest BCUT2D eigenvalue weighted by molar-refractivity contribution is 6.33. The van der Waals surface area contributed by atoms with Gasteiger partial charge in [0.1, 0.15) is 11.5 Å². The van der Waals surface area contributed by atoms with Crippen molar-refractivity contribution < 1.29 is 4.79 Å². The Labute approximate surface area is 131 Å². The fraction of sp³-hybridized carbons (Fsp3) is 0.600. The van der Waals surface area contributed by atoms with E-state index in [4.69, 9.17) is 11.6 Å². The molecule has 2 heterocycles. The number of carbonyl (C=O) groups is 1. The second-order valence-corrected chi connectivity index (χ2v) is 5.92. The van der Waals surface area contributed by atoms with Gasteiger partial charge in [-0.05, 0) is 58.0 Å². The highest BCUT2D eigenvalue weighted by atomic mass is 35.5. The number of nitrogens with one attached hydrogen (secondary N) is 2. The van der Waals surface area contributed by atoms with Gasteiger partial charge >= 0.3 is 0 Å². The summed E-state index contributed by atoms with van der Waals surface area (Å²) in [6, 6.07) is 3.48. The first-order chi connectivity index (χ1) is 10.1. The largest absolute Gasteiger partial charge is 0.370 e. The minimum atomic E-state index is -0.196. The van der Waals surface area contributed by atoms with Gasteiger partial charge in [0.2, 0.25) is 0 Å². The quantitative estimate of drug-likeness (QED) is 0.876. The topological polar surface area (TPSA) is 57.3 Å². The maximum Gasteiger partial charge on any atom is 0.271 e. The van der Waals surface area contributed by atoms with Crippen LogP contribution in [0.1, 0.15) is 30.3 Å². The molecule has 0 bridgehead atoms. The van der Waals surface area contributed by atoms with Crippen LogP contribution in [0.3, 0.4) is 0 Å². The standard InChI is InChI=1S/C15H23ClN4O/c1-3-17-13-5-4-12(16)14(19-13)15(21)18-10-11-6-8-20(2)9-7-11/h4-5,11H,3,6-10H2,1-2H3,(H,17,19)(H,18,21). The summed E-state index contributed by atoms with van der Waals surface area (Å²) in [4.78, 5) is 18.8. The highest BCUT2D eigenvalue weighted by Gasteiger charge is 2.19. The number of hydrogen-bond donors (Lipinski definition) is 2. The van der Waals surface area contributed by atoms with Gasteiger partial charge in [0.05, 0.1) is 5.02 Å². The van der Waals surface area contributed by atoms with Crippen molar-refractivity contribution in [2.75, 3.05) is 38.5 Å². The van der Waals surface area contributed by atoms with Crippen molar-refractivity contribution in [1.29, 1.82) is 0 Å². The summed E-state index contributed by atoms with van der Waals surface area (Å²) in [5.41, 5.74) is 0.294. The van der Waals surface area contributed by atoms with Crippen LogP contribution in [0.4, 0.5) is 5.82 Å². The summed E-state index contributed by atoms with van der Waals surface area (Å²) in [5, 5.41) is 6.43. The molecule has 6 heteroatoms. The molecule has 0 aliphatic carbocycles. The van der Waals surface area contributed by atoms with Crippen molar-refractivity contribution in [3.05, 3.63) is 22.8 Å². The van der Waals surface area contributed by atoms with E-state index in [1.165, 1.54) is 0 Å². The van der Waals surface area contributed by atoms with Gasteiger partial charge in [-0.25, -0.2) is 4.98 Å². The van der Waals surface area contributed by atoms with Crippen LogP contribution in [0.25, 0.3) is 0 Å². The SMILES string of the molecule is CCNc1ccc(Cl)c(C(=O)NCC2CCN(C)CC2)n1. The zero-order chi connectivity index (χ0) is 15.2. The molecule has 0 aromatic carbocycles. The minimum absolute atomic E-state index is 0.196. The van der Waals surface area contributed by atoms with Crippen LogP contribution in [0.15, 0.2) is 12.1 Å². The van der Waals surface area contributed by atoms with Gasteiger partial charge in [0, 0.05) is 13.1 Å². The van der Waals surface area contributed by atoms with E-state index in [9.17, 15) is 4.79 Å². The lowest BCUT2D eigenvalue weighted by molar-refractivity contribution is 0.0934. The zero-order valence-corrected chi connectivity index (χ0v) is 13.4. The number of aromatic nitrogens is 1. The summed E-state index contributed by atoms with van der Waals surface area (Å²) >= 11 is 6.07. The summed E-state index contributed by atoms with van der Waals surface area (Å²) in [6.45, 7) is 5.61. The van der Waals surface area contributed by atoms with Crippen molar-refractivity contribution in [1.82, 2.24) is 15.2 Å². The Morgan fingerprint density at radius 3 is 2.81 bits per heavy atom. The molecule has 21 heavy (non-hydrogen) atoms. The number of anilines is 1. The smallest absolute Gasteiger partial charge is 0.271 e. The molecule has 2 N–H and O–H groups in total. The predicted octanol–water partition coefficient (Wildman–Crippen LogP) is 2.24. The Morgan fingerprint density at radius 1 is 1.43 bits per heavy atom. The molecule has 0 unspecified atom stereocenters. The molecule has 1 aromatic heterocycles. The maximum absolute atomic E-state index is 12.2. The number of halogens is 1. The Bertz CT molecular complexity index is 487. The van der Waals surface area contributed by atoms with Crippen molar-refractivity contribution in [3.63, 3.8) is 0 Å². The lowest BCUT2D eigenvalue weighted by atomic mass is 9.97. The summed E-state index contributed by atoms with van der Waals surface area (Å²) in [7, 11) is 2.13. The molecule has 0 saturated carbocycles. The molecule has 116 valence electrons. The van der Waals surface area contributed by atoms with E-state index < -0.39 is 0 Å². The third-order valence-corrected chi connectivity index (χ3v) is 4.11. The van der Waals surface area contributed by atoms with Crippen LogP contribution >= 0.6 is 11.6 Å². The lowest BCUT2D eigenvalue weighted by Gasteiger charge is -2.28. The molecule has 0 spiro atoms. The van der Waals surface area contributed by atoms with E-state index in [0.717, 1.165) is 32.5 Å². The van der Waals surface area contributed by atoms with E-state index in [0.29, 0.717) is 29.0 Å². The molecule has 1 aliphatic rings. The van der Waals surface area contributed by atoms with E-state index in [2.05, 4.69) is 27.6 Å². The molecule has 1 aromatic rings. The number of carbonyl (C=O) groups excluding carboxylic acids is 1. The van der Waals surface area contributed by atoms with Crippen LogP contribution in [0, 0.1) is 5.92 Å². The maximum atomic E-state index is 12.2. The normalized spacial score (nSPS) is 16.7. The van der Waals surface area contributed by atoms with Crippen LogP contribution in [-0.4, -0.2) is 49.0 Å². The third-order valence-electron chi connectivity index (χ3n) is 3.81. The summed E-state index contributed by atoms with van der Waals surface area (Å²) in [6.07, 6.45) is 2.24. The van der Waals surface area contributed by atoms with Crippen molar-refractivity contribution in [2.45, 2.75) is 19.8 Å². The summed E-state index contributed by atoms with van der Waals surface area (Å²) < 4.78 is 0. The molecule has 1 saturated heterocycles. The van der Waals surface area contributed by atoms with Crippen molar-refractivity contribution in [3.8, 4) is 0 Å². The predicted molar refractivity (Wildman–Crippen MR) is 86.0 cm³/mol. The number of pyridine rings is 1. The Balaban J connectivity index is 1.92. The molecule has 5 nitrogen and oxygen atoms in total. The Kier molecular flexibility index (Phi) is 5.82. The number of likely N-dealkylation sites (tertiary alicyclic amines) is 1. The number of rotatable bonds is 5. The first kappa shape index (κ1) is 16.0. The molecule has 0 radical (unpaired) electrons. The lowest BCUT2D eigenvalue weighted by Crippen LogP contribution is -2.37. The average Bonchev–Trinajstić information content (AvgIpc) is 2.48. The van der Waals surface area contributed by atoms with Gasteiger partial charge < -0.3 is 15.5 Å². The number of piperidine rings is 1. The second kappa shape index (κ2) is 7.61. The van der Waals surface area contributed by atoms with Gasteiger partial charge in [-0.2, -0.15) is 0 Å². The average molecular weight is 311 g/mol. The van der Waals surface area contributed by atoms with Gasteiger partial charge in [-0.1, -0.05) is 11.6 Å². The molecular formula is C15H23ClN4O. The number of nitrogens with zero attached hydrogens (tertiary/aromatic N) is 2. The molecule has 0 atom stereocenters. The minimum Gasteiger partial charge on any atom is -0.370 e. The van der Waals surface area contributed by atoms with Crippen molar-refractivity contribution >= 4 is 23.3 Å². The molecule has 1 amide bonds. The van der Waals surface area contributed by atoms with E-state index in [-0.39, 0.29) is 5.91 Å². The molecule has 2 rings (SSSR count). The van der Waals surface area contributed by atoms with Crippen LogP contribution in [0.2, 0.25) is 5.02 Å². The Morgan fingerprint density at radius 2 is 2.14 bits per heavy atom. The monoisotopic (exact) mass is 310 g/mol. The van der Waals surface area contributed by atoms with Crippen LogP contribution in [0.5, 0.6) is 0 Å². The Hall–Kier alpha value is -1.33. The first-order valence-corrected chi connectivity index (χ1v) is 7.85. The van der Waals surface area contributed by atoms with Gasteiger partial charge in [-0.15, -0.1) is 0 Å². The van der Waals surface area contributed by atoms with Gasteiger partial charge in [-0.3, -0.25) is 4.79 Å². The highest BCUT2D eigenvalue weighted by Crippen LogP contribution is 2.18. The van der Waals surface area contributed by atoms with Crippen LogP contribution < -0.4 is 10.6 Å². The number of hydrogen-bond acceptors (Lipinski definition) is 4. The van der Waals surface area contributed by atoms with Gasteiger partial charge in [0.25, 0.3) is 5.91 Å². The first-order valence-electron chi connectivity index (χ1n) is 7.47. The van der Waals surface area contributed by atoms with Gasteiger partial charge in [0.15, 0.2) is 0 Å². The zero-order valence-electron chi connectivity index (χ0n) is 12.7. The summed E-state index contributed by atoms with van der Waals surface area (Å²) in [5.74, 6) is 1.02. The van der Waals surface area contributed by atoms with Crippen LogP contribution in [-0.2, 0) is 0 Å². The van der Waals surface area contributed by atoms with Crippen molar-refractivity contribution in [2.24, 2.45) is 5.92 Å². The fourth-order valence-electron chi connectivity index (χ4n) is 2.47. The number of amides is 1. The van der Waals surface area contributed by atoms with E-state index >= 15 is 0 Å². The van der Waals surface area contributed by atoms with E-state index in [1.54, 1.807) is 12.1 Å². The molecule has 1 aliphatic heterocycles. The second-order valence-electron chi connectivity index (χ2n) is 5.51. The molecule has 1 fully saturated rings. The van der Waals surface area contributed by atoms with E-state index in [1.807, 2.05) is 6.92 Å². The molecular weight excluding hydrogens is 288 g/mol. The fourth-order valence-corrected chi connectivity index (χ4v) is 2.66.